The van der Waals surface area contributed by atoms with Crippen molar-refractivity contribution in [2.24, 2.45) is 0 Å². The van der Waals surface area contributed by atoms with E-state index in [1.54, 1.807) is 31.2 Å². The largest absolute Gasteiger partial charge is 0.465 e. The Morgan fingerprint density at radius 2 is 1.76 bits per heavy atom. The van der Waals surface area contributed by atoms with Crippen molar-refractivity contribution in [3.8, 4) is 0 Å². The fourth-order valence-electron chi connectivity index (χ4n) is 4.96. The van der Waals surface area contributed by atoms with Gasteiger partial charge in [0.1, 0.15) is 10.8 Å². The molecule has 1 aliphatic rings. The lowest BCUT2D eigenvalue weighted by molar-refractivity contribution is -0.115. The summed E-state index contributed by atoms with van der Waals surface area (Å²) in [7, 11) is 1.35. The quantitative estimate of drug-likeness (QED) is 0.166. The number of carbonyl (C=O) groups excluding carboxylic acids is 3. The number of benzene rings is 3. The highest BCUT2D eigenvalue weighted by molar-refractivity contribution is 8.00. The monoisotopic (exact) mass is 588 g/mol. The number of esters is 1. The van der Waals surface area contributed by atoms with Gasteiger partial charge in [-0.25, -0.2) is 9.18 Å². The molecule has 41 heavy (non-hydrogen) atoms. The molecular formula is C32H29FN2O4S2. The van der Waals surface area contributed by atoms with Crippen LogP contribution in [-0.4, -0.2) is 30.1 Å². The van der Waals surface area contributed by atoms with Crippen molar-refractivity contribution in [2.45, 2.75) is 42.2 Å². The number of amides is 2. The second-order valence-corrected chi connectivity index (χ2v) is 12.3. The van der Waals surface area contributed by atoms with Crippen LogP contribution in [0.15, 0.2) is 83.8 Å². The van der Waals surface area contributed by atoms with Crippen molar-refractivity contribution in [2.75, 3.05) is 17.7 Å². The summed E-state index contributed by atoms with van der Waals surface area (Å²) in [4.78, 5) is 40.4. The third-order valence-electron chi connectivity index (χ3n) is 7.05. The number of thioether (sulfide) groups is 1. The third-order valence-corrected chi connectivity index (χ3v) is 9.32. The van der Waals surface area contributed by atoms with E-state index in [1.807, 2.05) is 24.3 Å². The first-order chi connectivity index (χ1) is 19.8. The van der Waals surface area contributed by atoms with E-state index in [1.165, 1.54) is 54.0 Å². The Morgan fingerprint density at radius 1 is 1.00 bits per heavy atom. The molecular weight excluding hydrogens is 559 g/mol. The summed E-state index contributed by atoms with van der Waals surface area (Å²) in [6.45, 7) is 1.78. The van der Waals surface area contributed by atoms with Gasteiger partial charge in [0.2, 0.25) is 5.91 Å². The van der Waals surface area contributed by atoms with Crippen molar-refractivity contribution >= 4 is 51.6 Å². The van der Waals surface area contributed by atoms with Crippen molar-refractivity contribution in [1.82, 2.24) is 0 Å². The standard InChI is InChI=1S/C32H29FN2O4S2/c1-19(40-23-12-8-11-22(18-23)34-30(37)24-13-6-7-14-26(24)33)29(36)35-31-28(32(38)39-2)25-16-15-21(17-27(25)41-31)20-9-4-3-5-10-20/h3-14,18-19,21H,15-17H2,1-2H3,(H,34,37)(H,35,36). The van der Waals surface area contributed by atoms with Gasteiger partial charge in [-0.2, -0.15) is 0 Å². The first-order valence-electron chi connectivity index (χ1n) is 13.2. The zero-order valence-corrected chi connectivity index (χ0v) is 24.2. The SMILES string of the molecule is COC(=O)c1c(NC(=O)C(C)Sc2cccc(NC(=O)c3ccccc3F)c2)sc2c1CCC(c1ccccc1)C2. The lowest BCUT2D eigenvalue weighted by Gasteiger charge is -2.22. The number of rotatable bonds is 8. The number of fused-ring (bicyclic) bond motifs is 1. The van der Waals surface area contributed by atoms with E-state index >= 15 is 0 Å². The van der Waals surface area contributed by atoms with Gasteiger partial charge < -0.3 is 15.4 Å². The first-order valence-corrected chi connectivity index (χ1v) is 14.9. The molecule has 2 atom stereocenters. The molecule has 0 bridgehead atoms. The lowest BCUT2D eigenvalue weighted by Crippen LogP contribution is -2.23. The fraction of sp³-hybridized carbons (Fsp3) is 0.219. The number of anilines is 2. The number of carbonyl (C=O) groups is 3. The fourth-order valence-corrected chi connectivity index (χ4v) is 7.21. The van der Waals surface area contributed by atoms with Crippen LogP contribution in [0.1, 0.15) is 56.0 Å². The summed E-state index contributed by atoms with van der Waals surface area (Å²) in [6.07, 6.45) is 2.46. The number of hydrogen-bond acceptors (Lipinski definition) is 6. The number of ether oxygens (including phenoxy) is 1. The Labute approximate surface area is 246 Å². The van der Waals surface area contributed by atoms with Gasteiger partial charge in [0.25, 0.3) is 5.91 Å². The van der Waals surface area contributed by atoms with E-state index in [4.69, 9.17) is 4.74 Å². The minimum absolute atomic E-state index is 0.0477. The predicted molar refractivity (Wildman–Crippen MR) is 162 cm³/mol. The van der Waals surface area contributed by atoms with Crippen LogP contribution in [0.5, 0.6) is 0 Å². The Balaban J connectivity index is 1.28. The van der Waals surface area contributed by atoms with Gasteiger partial charge in [0.15, 0.2) is 0 Å². The minimum Gasteiger partial charge on any atom is -0.465 e. The van der Waals surface area contributed by atoms with Crippen LogP contribution in [0.3, 0.4) is 0 Å². The molecule has 5 rings (SSSR count). The normalized spacial score (nSPS) is 15.0. The van der Waals surface area contributed by atoms with Gasteiger partial charge in [0, 0.05) is 15.5 Å². The predicted octanol–water partition coefficient (Wildman–Crippen LogP) is 7.32. The highest BCUT2D eigenvalue weighted by Crippen LogP contribution is 2.43. The minimum atomic E-state index is -0.599. The molecule has 1 aliphatic carbocycles. The van der Waals surface area contributed by atoms with Crippen LogP contribution in [0.25, 0.3) is 0 Å². The maximum atomic E-state index is 14.0. The van der Waals surface area contributed by atoms with Gasteiger partial charge in [-0.1, -0.05) is 48.5 Å². The van der Waals surface area contributed by atoms with Crippen LogP contribution < -0.4 is 10.6 Å². The Morgan fingerprint density at radius 3 is 2.51 bits per heavy atom. The molecule has 0 radical (unpaired) electrons. The molecule has 0 spiro atoms. The Hall–Kier alpha value is -3.95. The van der Waals surface area contributed by atoms with Crippen molar-refractivity contribution in [3.05, 3.63) is 112 Å². The molecule has 2 N–H and O–H groups in total. The maximum absolute atomic E-state index is 14.0. The van der Waals surface area contributed by atoms with Crippen LogP contribution in [0.2, 0.25) is 0 Å². The average Bonchev–Trinajstić information content (AvgIpc) is 3.34. The molecule has 210 valence electrons. The summed E-state index contributed by atoms with van der Waals surface area (Å²) < 4.78 is 19.1. The number of halogens is 1. The first kappa shape index (κ1) is 28.6. The molecule has 0 saturated carbocycles. The molecule has 1 heterocycles. The van der Waals surface area contributed by atoms with E-state index in [0.717, 1.165) is 34.6 Å². The summed E-state index contributed by atoms with van der Waals surface area (Å²) in [5.41, 5.74) is 3.12. The van der Waals surface area contributed by atoms with Gasteiger partial charge in [-0.3, -0.25) is 9.59 Å². The van der Waals surface area contributed by atoms with Gasteiger partial charge in [-0.05, 0) is 73.6 Å². The second kappa shape index (κ2) is 12.7. The van der Waals surface area contributed by atoms with Crippen LogP contribution in [0, 0.1) is 5.82 Å². The van der Waals surface area contributed by atoms with E-state index in [0.29, 0.717) is 22.2 Å². The molecule has 0 aliphatic heterocycles. The lowest BCUT2D eigenvalue weighted by atomic mass is 9.83. The molecule has 3 aromatic carbocycles. The van der Waals surface area contributed by atoms with E-state index in [9.17, 15) is 18.8 Å². The molecule has 0 saturated heterocycles. The molecule has 6 nitrogen and oxygen atoms in total. The number of methoxy groups -OCH3 is 1. The maximum Gasteiger partial charge on any atom is 0.341 e. The van der Waals surface area contributed by atoms with Gasteiger partial charge in [-0.15, -0.1) is 23.1 Å². The third kappa shape index (κ3) is 6.52. The molecule has 9 heteroatoms. The summed E-state index contributed by atoms with van der Waals surface area (Å²) in [5.74, 6) is -1.49. The summed E-state index contributed by atoms with van der Waals surface area (Å²) in [5, 5.41) is 5.69. The van der Waals surface area contributed by atoms with Crippen LogP contribution in [0.4, 0.5) is 15.1 Å². The van der Waals surface area contributed by atoms with Gasteiger partial charge in [0.05, 0.1) is 23.5 Å². The highest BCUT2D eigenvalue weighted by Gasteiger charge is 2.31. The van der Waals surface area contributed by atoms with Crippen LogP contribution >= 0.6 is 23.1 Å². The number of hydrogen-bond donors (Lipinski definition) is 2. The summed E-state index contributed by atoms with van der Waals surface area (Å²) >= 11 is 2.76. The molecule has 0 fully saturated rings. The topological polar surface area (TPSA) is 84.5 Å². The molecule has 1 aromatic heterocycles. The zero-order chi connectivity index (χ0) is 28.9. The average molecular weight is 589 g/mol. The van der Waals surface area contributed by atoms with E-state index in [2.05, 4.69) is 22.8 Å². The zero-order valence-electron chi connectivity index (χ0n) is 22.6. The molecule has 2 amide bonds. The summed E-state index contributed by atoms with van der Waals surface area (Å²) in [6, 6.07) is 23.2. The van der Waals surface area contributed by atoms with Crippen LogP contribution in [-0.2, 0) is 22.4 Å². The van der Waals surface area contributed by atoms with Gasteiger partial charge >= 0.3 is 5.97 Å². The Kier molecular flexibility index (Phi) is 8.85. The van der Waals surface area contributed by atoms with Crippen molar-refractivity contribution < 1.29 is 23.5 Å². The van der Waals surface area contributed by atoms with Crippen molar-refractivity contribution in [1.29, 1.82) is 0 Å². The van der Waals surface area contributed by atoms with E-state index < -0.39 is 22.9 Å². The second-order valence-electron chi connectivity index (χ2n) is 9.76. The van der Waals surface area contributed by atoms with E-state index in [-0.39, 0.29) is 11.5 Å². The smallest absolute Gasteiger partial charge is 0.341 e. The molecule has 2 unspecified atom stereocenters. The number of nitrogens with one attached hydrogen (secondary N) is 2. The van der Waals surface area contributed by atoms with Crippen molar-refractivity contribution in [3.63, 3.8) is 0 Å². The highest BCUT2D eigenvalue weighted by atomic mass is 32.2. The molecule has 4 aromatic rings. The Bertz CT molecular complexity index is 1590. The number of thiophene rings is 1.